The maximum atomic E-state index is 11.2. The Kier molecular flexibility index (Phi) is 6.61. The van der Waals surface area contributed by atoms with Crippen LogP contribution in [0.15, 0.2) is 34.5 Å². The van der Waals surface area contributed by atoms with E-state index in [0.717, 1.165) is 5.56 Å². The Hall–Kier alpha value is -2.35. The predicted octanol–water partition coefficient (Wildman–Crippen LogP) is 1.57. The zero-order valence-electron chi connectivity index (χ0n) is 12.7. The van der Waals surface area contributed by atoms with E-state index in [-0.39, 0.29) is 24.9 Å². The lowest BCUT2D eigenvalue weighted by atomic mass is 10.2. The third kappa shape index (κ3) is 6.11. The van der Waals surface area contributed by atoms with E-state index in [1.807, 2.05) is 12.1 Å². The first kappa shape index (κ1) is 17.0. The van der Waals surface area contributed by atoms with Crippen LogP contribution in [0.4, 0.5) is 0 Å². The van der Waals surface area contributed by atoms with Crippen LogP contribution in [0.25, 0.3) is 0 Å². The van der Waals surface area contributed by atoms with Crippen LogP contribution < -0.4 is 10.1 Å². The number of rotatable bonds is 7. The average Bonchev–Trinajstić information content (AvgIpc) is 2.93. The maximum Gasteiger partial charge on any atom is 0.309 e. The first-order valence-electron chi connectivity index (χ1n) is 7.09. The molecule has 1 aromatic rings. The molecule has 1 aliphatic rings. The van der Waals surface area contributed by atoms with E-state index in [2.05, 4.69) is 15.5 Å². The van der Waals surface area contributed by atoms with E-state index in [0.29, 0.717) is 23.3 Å². The van der Waals surface area contributed by atoms with Gasteiger partial charge in [-0.25, -0.2) is 0 Å². The molecule has 122 valence electrons. The molecule has 1 aromatic carbocycles. The van der Waals surface area contributed by atoms with Gasteiger partial charge >= 0.3 is 5.97 Å². The van der Waals surface area contributed by atoms with Crippen LogP contribution in [0, 0.1) is 0 Å². The molecular formula is C15H17N3O4S. The lowest BCUT2D eigenvalue weighted by Crippen LogP contribution is -2.19. The summed E-state index contributed by atoms with van der Waals surface area (Å²) < 4.78 is 10.3. The Morgan fingerprint density at radius 1 is 1.48 bits per heavy atom. The van der Waals surface area contributed by atoms with E-state index in [9.17, 15) is 9.59 Å². The van der Waals surface area contributed by atoms with Crippen molar-refractivity contribution >= 4 is 35.0 Å². The largest absolute Gasteiger partial charge is 0.493 e. The number of amides is 1. The molecule has 0 radical (unpaired) electrons. The van der Waals surface area contributed by atoms with E-state index in [1.165, 1.54) is 11.8 Å². The molecule has 0 saturated carbocycles. The first-order chi connectivity index (χ1) is 11.2. The van der Waals surface area contributed by atoms with Gasteiger partial charge in [0.05, 0.1) is 31.6 Å². The van der Waals surface area contributed by atoms with Crippen molar-refractivity contribution in [3.8, 4) is 5.75 Å². The van der Waals surface area contributed by atoms with Crippen LogP contribution in [0.2, 0.25) is 0 Å². The lowest BCUT2D eigenvalue weighted by molar-refractivity contribution is -0.143. The van der Waals surface area contributed by atoms with Crippen LogP contribution in [0.3, 0.4) is 0 Å². The summed E-state index contributed by atoms with van der Waals surface area (Å²) in [6, 6.07) is 7.25. The van der Waals surface area contributed by atoms with Gasteiger partial charge in [0.2, 0.25) is 5.91 Å². The molecule has 1 N–H and O–H groups in total. The Bertz CT molecular complexity index is 631. The molecule has 0 bridgehead atoms. The second-order valence-corrected chi connectivity index (χ2v) is 5.43. The van der Waals surface area contributed by atoms with Crippen molar-refractivity contribution in [3.05, 3.63) is 29.8 Å². The monoisotopic (exact) mass is 335 g/mol. The van der Waals surface area contributed by atoms with Crippen LogP contribution >= 0.6 is 11.8 Å². The van der Waals surface area contributed by atoms with E-state index in [1.54, 1.807) is 25.3 Å². The van der Waals surface area contributed by atoms with Gasteiger partial charge in [-0.3, -0.25) is 9.59 Å². The fraction of sp³-hybridized carbons (Fsp3) is 0.333. The van der Waals surface area contributed by atoms with Crippen molar-refractivity contribution in [2.24, 2.45) is 10.2 Å². The number of thioether (sulfide) groups is 1. The summed E-state index contributed by atoms with van der Waals surface area (Å²) in [5.41, 5.74) is 0.803. The van der Waals surface area contributed by atoms with E-state index in [4.69, 9.17) is 9.47 Å². The minimum Gasteiger partial charge on any atom is -0.493 e. The summed E-state index contributed by atoms with van der Waals surface area (Å²) in [5, 5.41) is 10.9. The van der Waals surface area contributed by atoms with Crippen LogP contribution in [0.5, 0.6) is 5.75 Å². The van der Waals surface area contributed by atoms with Crippen LogP contribution in [-0.2, 0) is 14.3 Å². The number of carbonyl (C=O) groups excluding carboxylic acids is 2. The Morgan fingerprint density at radius 3 is 3.09 bits per heavy atom. The van der Waals surface area contributed by atoms with Crippen molar-refractivity contribution in [2.45, 2.75) is 13.3 Å². The molecule has 1 heterocycles. The van der Waals surface area contributed by atoms with Crippen molar-refractivity contribution in [1.82, 2.24) is 5.32 Å². The highest BCUT2D eigenvalue weighted by atomic mass is 32.2. The number of ether oxygens (including phenoxy) is 2. The van der Waals surface area contributed by atoms with E-state index < -0.39 is 0 Å². The molecule has 0 atom stereocenters. The second kappa shape index (κ2) is 8.94. The molecule has 0 unspecified atom stereocenters. The highest BCUT2D eigenvalue weighted by Crippen LogP contribution is 2.13. The van der Waals surface area contributed by atoms with Crippen molar-refractivity contribution in [1.29, 1.82) is 0 Å². The molecule has 7 nitrogen and oxygen atoms in total. The van der Waals surface area contributed by atoms with Gasteiger partial charge in [-0.2, -0.15) is 5.10 Å². The normalized spacial score (nSPS) is 15.9. The summed E-state index contributed by atoms with van der Waals surface area (Å²) >= 11 is 1.31. The van der Waals surface area contributed by atoms with Crippen LogP contribution in [0.1, 0.15) is 18.9 Å². The summed E-state index contributed by atoms with van der Waals surface area (Å²) in [7, 11) is 0. The summed E-state index contributed by atoms with van der Waals surface area (Å²) in [6.45, 7) is 2.39. The number of carbonyl (C=O) groups is 2. The molecule has 0 aliphatic carbocycles. The Labute approximate surface area is 138 Å². The van der Waals surface area contributed by atoms with Crippen LogP contribution in [-0.4, -0.2) is 42.2 Å². The maximum absolute atomic E-state index is 11.2. The SMILES string of the molecule is CCOC(=O)CCOc1cccc(C=NN=C2NC(=O)CS2)c1. The third-order valence-corrected chi connectivity index (χ3v) is 3.54. The highest BCUT2D eigenvalue weighted by Gasteiger charge is 2.15. The minimum atomic E-state index is -0.280. The van der Waals surface area contributed by atoms with Crippen molar-refractivity contribution in [2.75, 3.05) is 19.0 Å². The van der Waals surface area contributed by atoms with Gasteiger partial charge in [-0.15, -0.1) is 5.10 Å². The average molecular weight is 335 g/mol. The fourth-order valence-corrected chi connectivity index (χ4v) is 2.33. The zero-order chi connectivity index (χ0) is 16.5. The standard InChI is InChI=1S/C15H17N3O4S/c1-2-21-14(20)6-7-22-12-5-3-4-11(8-12)9-16-18-15-17-13(19)10-23-15/h3-5,8-9H,2,6-7,10H2,1H3,(H,17,18,19). The zero-order valence-corrected chi connectivity index (χ0v) is 13.5. The highest BCUT2D eigenvalue weighted by molar-refractivity contribution is 8.15. The number of nitrogens with one attached hydrogen (secondary N) is 1. The number of benzene rings is 1. The Morgan fingerprint density at radius 2 is 2.35 bits per heavy atom. The molecule has 0 spiro atoms. The molecule has 8 heteroatoms. The molecule has 1 fully saturated rings. The topological polar surface area (TPSA) is 89.3 Å². The summed E-state index contributed by atoms with van der Waals surface area (Å²) in [5.74, 6) is 0.658. The van der Waals surface area contributed by atoms with Gasteiger partial charge in [0.15, 0.2) is 5.17 Å². The minimum absolute atomic E-state index is 0.0686. The third-order valence-electron chi connectivity index (χ3n) is 2.68. The summed E-state index contributed by atoms with van der Waals surface area (Å²) in [4.78, 5) is 22.2. The Balaban J connectivity index is 1.84. The molecule has 0 aromatic heterocycles. The van der Waals surface area contributed by atoms with Gasteiger partial charge in [0.25, 0.3) is 0 Å². The second-order valence-electron chi connectivity index (χ2n) is 4.46. The number of amidine groups is 1. The summed E-state index contributed by atoms with van der Waals surface area (Å²) in [6.07, 6.45) is 1.77. The number of hydrogen-bond acceptors (Lipinski definition) is 7. The molecule has 1 amide bonds. The molecule has 1 saturated heterocycles. The molecule has 23 heavy (non-hydrogen) atoms. The van der Waals surface area contributed by atoms with Gasteiger partial charge in [0.1, 0.15) is 5.75 Å². The van der Waals surface area contributed by atoms with E-state index >= 15 is 0 Å². The first-order valence-corrected chi connectivity index (χ1v) is 8.08. The quantitative estimate of drug-likeness (QED) is 0.464. The van der Waals surface area contributed by atoms with Gasteiger partial charge < -0.3 is 14.8 Å². The lowest BCUT2D eigenvalue weighted by Gasteiger charge is -2.06. The smallest absolute Gasteiger partial charge is 0.309 e. The number of nitrogens with zero attached hydrogens (tertiary/aromatic N) is 2. The fourth-order valence-electron chi connectivity index (χ4n) is 1.70. The van der Waals surface area contributed by atoms with Gasteiger partial charge in [0, 0.05) is 0 Å². The van der Waals surface area contributed by atoms with Gasteiger partial charge in [-0.1, -0.05) is 23.9 Å². The number of esters is 1. The predicted molar refractivity (Wildman–Crippen MR) is 88.8 cm³/mol. The van der Waals surface area contributed by atoms with Gasteiger partial charge in [-0.05, 0) is 24.6 Å². The molecule has 1 aliphatic heterocycles. The van der Waals surface area contributed by atoms with Crippen molar-refractivity contribution in [3.63, 3.8) is 0 Å². The van der Waals surface area contributed by atoms with Crippen molar-refractivity contribution < 1.29 is 19.1 Å². The molecule has 2 rings (SSSR count). The molecular weight excluding hydrogens is 318 g/mol. The number of hydrogen-bond donors (Lipinski definition) is 1.